The van der Waals surface area contributed by atoms with E-state index in [0.29, 0.717) is 12.6 Å². The Labute approximate surface area is 112 Å². The van der Waals surface area contributed by atoms with E-state index in [-0.39, 0.29) is 6.42 Å². The van der Waals surface area contributed by atoms with E-state index in [1.165, 1.54) is 6.42 Å². The predicted octanol–water partition coefficient (Wildman–Crippen LogP) is 2.29. The van der Waals surface area contributed by atoms with E-state index in [9.17, 15) is 4.79 Å². The first-order valence-electron chi connectivity index (χ1n) is 7.19. The normalized spacial score (nSPS) is 11.7. The minimum atomic E-state index is -0.705. The first-order chi connectivity index (χ1) is 8.51. The Balaban J connectivity index is 3.79. The maximum absolute atomic E-state index is 10.6. The summed E-state index contributed by atoms with van der Waals surface area (Å²) in [5.41, 5.74) is 0. The van der Waals surface area contributed by atoms with Crippen LogP contribution in [0.2, 0.25) is 0 Å². The number of aliphatic carboxylic acids is 1. The van der Waals surface area contributed by atoms with E-state index in [4.69, 9.17) is 5.11 Å². The second-order valence-electron chi connectivity index (χ2n) is 5.01. The fourth-order valence-electron chi connectivity index (χ4n) is 2.06. The van der Waals surface area contributed by atoms with Crippen molar-refractivity contribution in [2.75, 3.05) is 32.7 Å². The van der Waals surface area contributed by atoms with Crippen LogP contribution >= 0.6 is 0 Å². The number of rotatable bonds is 11. The quantitative estimate of drug-likeness (QED) is 0.578. The molecule has 0 heterocycles. The molecule has 0 bridgehead atoms. The van der Waals surface area contributed by atoms with Crippen molar-refractivity contribution in [3.63, 3.8) is 0 Å². The van der Waals surface area contributed by atoms with Crippen LogP contribution < -0.4 is 0 Å². The predicted molar refractivity (Wildman–Crippen MR) is 76.0 cm³/mol. The molecule has 0 spiro atoms. The van der Waals surface area contributed by atoms with Crippen molar-refractivity contribution in [2.45, 2.75) is 53.0 Å². The Kier molecular flexibility index (Phi) is 9.98. The fourth-order valence-corrected chi connectivity index (χ4v) is 2.06. The van der Waals surface area contributed by atoms with E-state index in [2.05, 4.69) is 37.5 Å². The Hall–Kier alpha value is -0.610. The number of unbranched alkanes of at least 4 members (excludes halogenated alkanes) is 1. The molecule has 4 nitrogen and oxygen atoms in total. The highest BCUT2D eigenvalue weighted by molar-refractivity contribution is 5.66. The van der Waals surface area contributed by atoms with Gasteiger partial charge in [-0.1, -0.05) is 13.8 Å². The highest BCUT2D eigenvalue weighted by atomic mass is 16.4. The largest absolute Gasteiger partial charge is 0.481 e. The summed E-state index contributed by atoms with van der Waals surface area (Å²) in [7, 11) is 0. The summed E-state index contributed by atoms with van der Waals surface area (Å²) in [5, 5.41) is 8.72. The van der Waals surface area contributed by atoms with Crippen molar-refractivity contribution in [3.05, 3.63) is 0 Å². The van der Waals surface area contributed by atoms with Crippen LogP contribution in [-0.2, 0) is 4.79 Å². The Morgan fingerprint density at radius 1 is 1.06 bits per heavy atom. The molecule has 0 aromatic carbocycles. The van der Waals surface area contributed by atoms with Crippen molar-refractivity contribution in [1.82, 2.24) is 9.80 Å². The second-order valence-corrected chi connectivity index (χ2v) is 5.01. The molecular weight excluding hydrogens is 228 g/mol. The van der Waals surface area contributed by atoms with Crippen LogP contribution in [0.4, 0.5) is 0 Å². The highest BCUT2D eigenvalue weighted by Gasteiger charge is 2.10. The molecule has 0 aliphatic heterocycles. The SMILES string of the molecule is CCN(CC)CCCCN(CCC(=O)O)C(C)C. The Morgan fingerprint density at radius 2 is 1.61 bits per heavy atom. The third kappa shape index (κ3) is 8.48. The summed E-state index contributed by atoms with van der Waals surface area (Å²) < 4.78 is 0. The number of nitrogens with zero attached hydrogens (tertiary/aromatic N) is 2. The van der Waals surface area contributed by atoms with Crippen molar-refractivity contribution in [3.8, 4) is 0 Å². The molecule has 0 aromatic heterocycles. The zero-order valence-corrected chi connectivity index (χ0v) is 12.5. The van der Waals surface area contributed by atoms with Crippen molar-refractivity contribution in [1.29, 1.82) is 0 Å². The summed E-state index contributed by atoms with van der Waals surface area (Å²) >= 11 is 0. The molecule has 1 N–H and O–H groups in total. The van der Waals surface area contributed by atoms with Gasteiger partial charge in [-0.3, -0.25) is 4.79 Å². The van der Waals surface area contributed by atoms with Crippen LogP contribution in [-0.4, -0.2) is 59.6 Å². The lowest BCUT2D eigenvalue weighted by atomic mass is 10.2. The van der Waals surface area contributed by atoms with Crippen LogP contribution in [0.25, 0.3) is 0 Å². The zero-order chi connectivity index (χ0) is 14.0. The maximum atomic E-state index is 10.6. The third-order valence-corrected chi connectivity index (χ3v) is 3.41. The molecule has 0 aromatic rings. The summed E-state index contributed by atoms with van der Waals surface area (Å²) in [6.45, 7) is 13.7. The minimum Gasteiger partial charge on any atom is -0.481 e. The van der Waals surface area contributed by atoms with Gasteiger partial charge in [0.1, 0.15) is 0 Å². The average molecular weight is 258 g/mol. The van der Waals surface area contributed by atoms with E-state index >= 15 is 0 Å². The number of hydrogen-bond acceptors (Lipinski definition) is 3. The molecule has 0 unspecified atom stereocenters. The van der Waals surface area contributed by atoms with Gasteiger partial charge in [0.05, 0.1) is 6.42 Å². The van der Waals surface area contributed by atoms with Gasteiger partial charge in [-0.05, 0) is 52.9 Å². The van der Waals surface area contributed by atoms with Crippen LogP contribution in [0.3, 0.4) is 0 Å². The standard InChI is InChI=1S/C14H30N2O2/c1-5-15(6-2)10-7-8-11-16(13(3)4)12-9-14(17)18/h13H,5-12H2,1-4H3,(H,17,18). The van der Waals surface area contributed by atoms with E-state index in [0.717, 1.165) is 32.6 Å². The van der Waals surface area contributed by atoms with Gasteiger partial charge in [0.2, 0.25) is 0 Å². The zero-order valence-electron chi connectivity index (χ0n) is 12.5. The molecule has 0 radical (unpaired) electrons. The molecule has 0 rings (SSSR count). The lowest BCUT2D eigenvalue weighted by molar-refractivity contribution is -0.137. The summed E-state index contributed by atoms with van der Waals surface area (Å²) in [5.74, 6) is -0.705. The summed E-state index contributed by atoms with van der Waals surface area (Å²) in [4.78, 5) is 15.3. The lowest BCUT2D eigenvalue weighted by Gasteiger charge is -2.26. The van der Waals surface area contributed by atoms with Gasteiger partial charge < -0.3 is 14.9 Å². The molecule has 0 atom stereocenters. The Morgan fingerprint density at radius 3 is 2.06 bits per heavy atom. The summed E-state index contributed by atoms with van der Waals surface area (Å²) in [6, 6.07) is 0.429. The van der Waals surface area contributed by atoms with Crippen LogP contribution in [0, 0.1) is 0 Å². The van der Waals surface area contributed by atoms with E-state index in [1.54, 1.807) is 0 Å². The molecule has 0 aliphatic rings. The van der Waals surface area contributed by atoms with E-state index in [1.807, 2.05) is 0 Å². The monoisotopic (exact) mass is 258 g/mol. The van der Waals surface area contributed by atoms with Crippen LogP contribution in [0.15, 0.2) is 0 Å². The topological polar surface area (TPSA) is 43.8 Å². The molecular formula is C14H30N2O2. The van der Waals surface area contributed by atoms with Gasteiger partial charge in [0.15, 0.2) is 0 Å². The van der Waals surface area contributed by atoms with Gasteiger partial charge in [0.25, 0.3) is 0 Å². The maximum Gasteiger partial charge on any atom is 0.304 e. The van der Waals surface area contributed by atoms with Crippen LogP contribution in [0.1, 0.15) is 47.0 Å². The smallest absolute Gasteiger partial charge is 0.304 e. The van der Waals surface area contributed by atoms with Gasteiger partial charge in [-0.15, -0.1) is 0 Å². The number of carboxylic acid groups (broad SMARTS) is 1. The number of hydrogen-bond donors (Lipinski definition) is 1. The van der Waals surface area contributed by atoms with Crippen molar-refractivity contribution < 1.29 is 9.90 Å². The molecule has 0 saturated carbocycles. The number of carboxylic acids is 1. The van der Waals surface area contributed by atoms with Crippen LogP contribution in [0.5, 0.6) is 0 Å². The van der Waals surface area contributed by atoms with Gasteiger partial charge in [0, 0.05) is 12.6 Å². The van der Waals surface area contributed by atoms with Crippen molar-refractivity contribution >= 4 is 5.97 Å². The molecule has 108 valence electrons. The molecule has 0 fully saturated rings. The fraction of sp³-hybridized carbons (Fsp3) is 0.929. The highest BCUT2D eigenvalue weighted by Crippen LogP contribution is 2.04. The van der Waals surface area contributed by atoms with Gasteiger partial charge in [-0.25, -0.2) is 0 Å². The molecule has 4 heteroatoms. The number of carbonyl (C=O) groups is 1. The molecule has 0 aliphatic carbocycles. The lowest BCUT2D eigenvalue weighted by Crippen LogP contribution is -2.34. The average Bonchev–Trinajstić information content (AvgIpc) is 2.32. The molecule has 0 amide bonds. The molecule has 0 saturated heterocycles. The van der Waals surface area contributed by atoms with Gasteiger partial charge >= 0.3 is 5.97 Å². The van der Waals surface area contributed by atoms with E-state index < -0.39 is 5.97 Å². The second kappa shape index (κ2) is 10.3. The third-order valence-electron chi connectivity index (χ3n) is 3.41. The molecule has 18 heavy (non-hydrogen) atoms. The minimum absolute atomic E-state index is 0.244. The van der Waals surface area contributed by atoms with Gasteiger partial charge in [-0.2, -0.15) is 0 Å². The van der Waals surface area contributed by atoms with Crippen molar-refractivity contribution in [2.24, 2.45) is 0 Å². The summed E-state index contributed by atoms with van der Waals surface area (Å²) in [6.07, 6.45) is 2.58. The Bertz CT molecular complexity index is 216. The first-order valence-corrected chi connectivity index (χ1v) is 7.19. The first kappa shape index (κ1) is 17.4.